The summed E-state index contributed by atoms with van der Waals surface area (Å²) in [6.45, 7) is 6.55. The van der Waals surface area contributed by atoms with E-state index >= 15 is 0 Å². The number of unbranched alkanes of at least 4 members (excludes halogenated alkanes) is 38. The first-order valence-electron chi connectivity index (χ1n) is 27.7. The van der Waals surface area contributed by atoms with Crippen LogP contribution in [0.1, 0.15) is 310 Å². The van der Waals surface area contributed by atoms with Gasteiger partial charge >= 0.3 is 17.9 Å². The molecule has 0 saturated heterocycles. The zero-order valence-corrected chi connectivity index (χ0v) is 41.9. The molecular weight excluding hydrogens is 769 g/mol. The quantitative estimate of drug-likeness (QED) is 0.0262. The standard InChI is InChI=1S/C56H106O6/c1-4-7-10-13-15-17-19-20-21-22-23-24-25-26-27-28-29-30-31-32-33-34-35-37-38-40-43-46-49-55(58)61-52-53(51-60-54(57)48-45-42-12-9-6-3)62-56(59)50-47-44-41-39-36-18-16-14-11-8-5-2/h14,16,53H,4-13,15,17-52H2,1-3H3/b16-14-. The second-order valence-electron chi connectivity index (χ2n) is 18.9. The molecular formula is C56H106O6. The van der Waals surface area contributed by atoms with Crippen LogP contribution in [0.3, 0.4) is 0 Å². The van der Waals surface area contributed by atoms with Crippen molar-refractivity contribution in [3.05, 3.63) is 12.2 Å². The maximum atomic E-state index is 12.7. The first kappa shape index (κ1) is 60.2. The Morgan fingerprint density at radius 3 is 0.855 bits per heavy atom. The van der Waals surface area contributed by atoms with Gasteiger partial charge in [-0.1, -0.05) is 264 Å². The summed E-state index contributed by atoms with van der Waals surface area (Å²) in [6.07, 6.45) is 58.4. The van der Waals surface area contributed by atoms with Crippen LogP contribution in [0, 0.1) is 0 Å². The summed E-state index contributed by atoms with van der Waals surface area (Å²) in [7, 11) is 0. The molecule has 0 aromatic heterocycles. The summed E-state index contributed by atoms with van der Waals surface area (Å²) < 4.78 is 16.6. The van der Waals surface area contributed by atoms with Gasteiger partial charge in [-0.25, -0.2) is 0 Å². The van der Waals surface area contributed by atoms with Crippen molar-refractivity contribution in [1.82, 2.24) is 0 Å². The molecule has 0 fully saturated rings. The summed E-state index contributed by atoms with van der Waals surface area (Å²) >= 11 is 0. The number of ether oxygens (including phenoxy) is 3. The minimum absolute atomic E-state index is 0.0698. The lowest BCUT2D eigenvalue weighted by Gasteiger charge is -2.18. The second-order valence-corrected chi connectivity index (χ2v) is 18.9. The van der Waals surface area contributed by atoms with E-state index in [2.05, 4.69) is 32.9 Å². The normalized spacial score (nSPS) is 12.0. The highest BCUT2D eigenvalue weighted by Gasteiger charge is 2.19. The first-order valence-corrected chi connectivity index (χ1v) is 27.7. The van der Waals surface area contributed by atoms with Crippen LogP contribution in [0.15, 0.2) is 12.2 Å². The summed E-state index contributed by atoms with van der Waals surface area (Å²) in [4.78, 5) is 37.6. The predicted octanol–water partition coefficient (Wildman–Crippen LogP) is 18.2. The Kier molecular flexibility index (Phi) is 50.2. The van der Waals surface area contributed by atoms with Gasteiger partial charge in [-0.3, -0.25) is 14.4 Å². The highest BCUT2D eigenvalue weighted by Crippen LogP contribution is 2.17. The number of carbonyl (C=O) groups is 3. The third-order valence-corrected chi connectivity index (χ3v) is 12.5. The van der Waals surface area contributed by atoms with Crippen LogP contribution in [0.2, 0.25) is 0 Å². The topological polar surface area (TPSA) is 78.9 Å². The number of hydrogen-bond donors (Lipinski definition) is 0. The van der Waals surface area contributed by atoms with Gasteiger partial charge < -0.3 is 14.2 Å². The third kappa shape index (κ3) is 49.2. The number of rotatable bonds is 51. The van der Waals surface area contributed by atoms with Gasteiger partial charge in [0.1, 0.15) is 13.2 Å². The molecule has 1 unspecified atom stereocenters. The Hall–Kier alpha value is -1.85. The molecule has 0 bridgehead atoms. The van der Waals surface area contributed by atoms with Crippen LogP contribution < -0.4 is 0 Å². The summed E-state index contributed by atoms with van der Waals surface area (Å²) in [6, 6.07) is 0. The molecule has 0 aliphatic heterocycles. The lowest BCUT2D eigenvalue weighted by atomic mass is 10.0. The molecule has 366 valence electrons. The zero-order valence-electron chi connectivity index (χ0n) is 41.9. The van der Waals surface area contributed by atoms with Crippen LogP contribution in [-0.4, -0.2) is 37.2 Å². The Morgan fingerprint density at radius 1 is 0.306 bits per heavy atom. The summed E-state index contributed by atoms with van der Waals surface area (Å²) in [5, 5.41) is 0. The van der Waals surface area contributed by atoms with Gasteiger partial charge in [-0.05, 0) is 38.5 Å². The fourth-order valence-corrected chi connectivity index (χ4v) is 8.31. The van der Waals surface area contributed by atoms with Crippen molar-refractivity contribution < 1.29 is 28.6 Å². The monoisotopic (exact) mass is 875 g/mol. The van der Waals surface area contributed by atoms with Crippen molar-refractivity contribution in [2.75, 3.05) is 13.2 Å². The van der Waals surface area contributed by atoms with E-state index in [0.717, 1.165) is 70.6 Å². The first-order chi connectivity index (χ1) is 30.5. The highest BCUT2D eigenvalue weighted by molar-refractivity contribution is 5.71. The van der Waals surface area contributed by atoms with E-state index in [-0.39, 0.29) is 31.1 Å². The van der Waals surface area contributed by atoms with Gasteiger partial charge in [0.15, 0.2) is 6.10 Å². The number of carbonyl (C=O) groups excluding carboxylic acids is 3. The van der Waals surface area contributed by atoms with Gasteiger partial charge in [0.2, 0.25) is 0 Å². The molecule has 0 N–H and O–H groups in total. The smallest absolute Gasteiger partial charge is 0.306 e. The SMILES string of the molecule is CCCC/C=C\CCCCCCCC(=O)OC(COC(=O)CCCCCCC)COC(=O)CCCCCCCCCCCCCCCCCCCCCCCCCCCCCC. The Balaban J connectivity index is 3.89. The van der Waals surface area contributed by atoms with Crippen LogP contribution in [0.25, 0.3) is 0 Å². The minimum atomic E-state index is -0.765. The van der Waals surface area contributed by atoms with Crippen molar-refractivity contribution in [3.63, 3.8) is 0 Å². The lowest BCUT2D eigenvalue weighted by molar-refractivity contribution is -0.167. The largest absolute Gasteiger partial charge is 0.462 e. The van der Waals surface area contributed by atoms with Crippen molar-refractivity contribution in [1.29, 1.82) is 0 Å². The third-order valence-electron chi connectivity index (χ3n) is 12.5. The summed E-state index contributed by atoms with van der Waals surface area (Å²) in [5.74, 6) is -0.880. The number of hydrogen-bond acceptors (Lipinski definition) is 6. The van der Waals surface area contributed by atoms with Crippen LogP contribution in [-0.2, 0) is 28.6 Å². The maximum absolute atomic E-state index is 12.7. The maximum Gasteiger partial charge on any atom is 0.306 e. The van der Waals surface area contributed by atoms with Crippen molar-refractivity contribution in [2.45, 2.75) is 316 Å². The molecule has 0 aliphatic rings. The Morgan fingerprint density at radius 2 is 0.548 bits per heavy atom. The van der Waals surface area contributed by atoms with Crippen LogP contribution >= 0.6 is 0 Å². The second kappa shape index (κ2) is 51.8. The van der Waals surface area contributed by atoms with E-state index < -0.39 is 6.10 Å². The Labute approximate surface area is 386 Å². The molecule has 6 heteroatoms. The van der Waals surface area contributed by atoms with Gasteiger partial charge in [0, 0.05) is 19.3 Å². The summed E-state index contributed by atoms with van der Waals surface area (Å²) in [5.41, 5.74) is 0. The fraction of sp³-hybridized carbons (Fsp3) is 0.911. The molecule has 0 aromatic rings. The molecule has 62 heavy (non-hydrogen) atoms. The molecule has 0 heterocycles. The van der Waals surface area contributed by atoms with Gasteiger partial charge in [0.25, 0.3) is 0 Å². The molecule has 0 amide bonds. The number of esters is 3. The fourth-order valence-electron chi connectivity index (χ4n) is 8.31. The van der Waals surface area contributed by atoms with Crippen molar-refractivity contribution in [3.8, 4) is 0 Å². The minimum Gasteiger partial charge on any atom is -0.462 e. The average Bonchev–Trinajstić information content (AvgIpc) is 3.27. The predicted molar refractivity (Wildman–Crippen MR) is 266 cm³/mol. The van der Waals surface area contributed by atoms with Crippen LogP contribution in [0.5, 0.6) is 0 Å². The van der Waals surface area contributed by atoms with E-state index in [9.17, 15) is 14.4 Å². The zero-order chi connectivity index (χ0) is 45.1. The van der Waals surface area contributed by atoms with E-state index in [4.69, 9.17) is 14.2 Å². The van der Waals surface area contributed by atoms with E-state index in [0.29, 0.717) is 19.3 Å². The molecule has 0 aromatic carbocycles. The highest BCUT2D eigenvalue weighted by atomic mass is 16.6. The van der Waals surface area contributed by atoms with Gasteiger partial charge in [-0.15, -0.1) is 0 Å². The van der Waals surface area contributed by atoms with E-state index in [1.54, 1.807) is 0 Å². The van der Waals surface area contributed by atoms with E-state index in [1.165, 1.54) is 199 Å². The van der Waals surface area contributed by atoms with Crippen molar-refractivity contribution >= 4 is 17.9 Å². The van der Waals surface area contributed by atoms with Gasteiger partial charge in [-0.2, -0.15) is 0 Å². The lowest BCUT2D eigenvalue weighted by Crippen LogP contribution is -2.30. The molecule has 1 atom stereocenters. The number of allylic oxidation sites excluding steroid dienone is 2. The van der Waals surface area contributed by atoms with Crippen molar-refractivity contribution in [2.24, 2.45) is 0 Å². The van der Waals surface area contributed by atoms with Gasteiger partial charge in [0.05, 0.1) is 0 Å². The van der Waals surface area contributed by atoms with E-state index in [1.807, 2.05) is 0 Å². The Bertz CT molecular complexity index is 962. The molecule has 0 saturated carbocycles. The molecule has 0 radical (unpaired) electrons. The average molecular weight is 875 g/mol. The molecule has 0 spiro atoms. The van der Waals surface area contributed by atoms with Crippen LogP contribution in [0.4, 0.5) is 0 Å². The molecule has 6 nitrogen and oxygen atoms in total. The molecule has 0 rings (SSSR count). The molecule has 0 aliphatic carbocycles.